The zero-order valence-corrected chi connectivity index (χ0v) is 18.7. The highest BCUT2D eigenvalue weighted by Gasteiger charge is 2.34. The van der Waals surface area contributed by atoms with Crippen molar-refractivity contribution in [2.75, 3.05) is 6.61 Å². The van der Waals surface area contributed by atoms with Crippen LogP contribution in [0.3, 0.4) is 0 Å². The van der Waals surface area contributed by atoms with Crippen molar-refractivity contribution in [1.29, 1.82) is 0 Å². The fourth-order valence-electron chi connectivity index (χ4n) is 3.21. The molecule has 0 aliphatic carbocycles. The Morgan fingerprint density at radius 2 is 1.81 bits per heavy atom. The van der Waals surface area contributed by atoms with Gasteiger partial charge in [0.05, 0.1) is 31.1 Å². The first-order chi connectivity index (χ1) is 17.1. The van der Waals surface area contributed by atoms with E-state index < -0.39 is 34.9 Å². The number of nitrogens with zero attached hydrogens (tertiary/aromatic N) is 5. The molecule has 0 saturated carbocycles. The number of hydrogen-bond acceptors (Lipinski definition) is 6. The Balaban J connectivity index is 1.34. The van der Waals surface area contributed by atoms with Gasteiger partial charge in [0.1, 0.15) is 11.6 Å². The Morgan fingerprint density at radius 1 is 1.00 bits per heavy atom. The number of rotatable bonds is 8. The molecule has 0 aliphatic rings. The summed E-state index contributed by atoms with van der Waals surface area (Å²) in [5.74, 6) is -2.89. The molecule has 0 fully saturated rings. The number of halogens is 5. The lowest BCUT2D eigenvalue weighted by atomic mass is 10.2. The predicted octanol–water partition coefficient (Wildman–Crippen LogP) is 4.13. The maximum absolute atomic E-state index is 14.4. The van der Waals surface area contributed by atoms with Gasteiger partial charge < -0.3 is 9.47 Å². The second kappa shape index (κ2) is 10.1. The van der Waals surface area contributed by atoms with Crippen LogP contribution in [-0.4, -0.2) is 30.9 Å². The topological polar surface area (TPSA) is 84.1 Å². The van der Waals surface area contributed by atoms with Crippen molar-refractivity contribution in [3.63, 3.8) is 0 Å². The smallest absolute Gasteiger partial charge is 0.419 e. The van der Waals surface area contributed by atoms with Crippen LogP contribution < -0.4 is 15.2 Å². The molecule has 4 rings (SSSR count). The monoisotopic (exact) mass is 507 g/mol. The van der Waals surface area contributed by atoms with Gasteiger partial charge in [-0.15, -0.1) is 0 Å². The lowest BCUT2D eigenvalue weighted by Crippen LogP contribution is -2.24. The second-order valence-corrected chi connectivity index (χ2v) is 7.67. The number of ether oxygens (including phenoxy) is 2. The van der Waals surface area contributed by atoms with Crippen LogP contribution in [0.4, 0.5) is 22.0 Å². The van der Waals surface area contributed by atoms with Gasteiger partial charge in [0, 0.05) is 37.5 Å². The highest BCUT2D eigenvalue weighted by Crippen LogP contribution is 2.34. The normalized spacial score (nSPS) is 11.5. The molecule has 3 heterocycles. The van der Waals surface area contributed by atoms with Crippen LogP contribution in [0.25, 0.3) is 0 Å². The highest BCUT2D eigenvalue weighted by molar-refractivity contribution is 5.34. The van der Waals surface area contributed by atoms with Crippen LogP contribution in [0.15, 0.2) is 59.9 Å². The van der Waals surface area contributed by atoms with E-state index in [1.807, 2.05) is 0 Å². The molecular weight excluding hydrogens is 489 g/mol. The Morgan fingerprint density at radius 3 is 2.47 bits per heavy atom. The van der Waals surface area contributed by atoms with Crippen LogP contribution in [0.2, 0.25) is 0 Å². The number of hydrogen-bond donors (Lipinski definition) is 0. The number of aromatic nitrogens is 5. The van der Waals surface area contributed by atoms with E-state index in [1.165, 1.54) is 12.3 Å². The number of aryl methyl sites for hydroxylation is 1. The average Bonchev–Trinajstić information content (AvgIpc) is 3.23. The molecule has 0 saturated heterocycles. The van der Waals surface area contributed by atoms with E-state index in [0.29, 0.717) is 23.3 Å². The lowest BCUT2D eigenvalue weighted by molar-refractivity contribution is -0.140. The summed E-state index contributed by atoms with van der Waals surface area (Å²) >= 11 is 0. The Labute approximate surface area is 200 Å². The third-order valence-corrected chi connectivity index (χ3v) is 4.92. The molecule has 1 aromatic carbocycles. The third-order valence-electron chi connectivity index (χ3n) is 4.92. The Kier molecular flexibility index (Phi) is 6.99. The fraction of sp³-hybridized carbons (Fsp3) is 0.217. The minimum atomic E-state index is -4.86. The van der Waals surface area contributed by atoms with E-state index in [-0.39, 0.29) is 31.2 Å². The van der Waals surface area contributed by atoms with E-state index in [9.17, 15) is 26.7 Å². The molecule has 0 spiro atoms. The molecule has 13 heteroatoms. The molecule has 0 radical (unpaired) electrons. The molecule has 8 nitrogen and oxygen atoms in total. The quantitative estimate of drug-likeness (QED) is 0.334. The van der Waals surface area contributed by atoms with Gasteiger partial charge in [0.2, 0.25) is 11.7 Å². The number of pyridine rings is 1. The summed E-state index contributed by atoms with van der Waals surface area (Å²) in [5, 5.41) is 3.99. The SMILES string of the molecule is Cn1cc(Cn2cc(F)c(OCCc3ccc(Oc4ccc(F)c(C(F)(F)F)c4)nc3)nc2=O)cn1. The van der Waals surface area contributed by atoms with E-state index in [2.05, 4.69) is 15.1 Å². The van der Waals surface area contributed by atoms with Gasteiger partial charge in [-0.25, -0.2) is 14.2 Å². The van der Waals surface area contributed by atoms with Gasteiger partial charge in [0.15, 0.2) is 0 Å². The van der Waals surface area contributed by atoms with Crippen molar-refractivity contribution in [2.45, 2.75) is 19.1 Å². The van der Waals surface area contributed by atoms with Crippen LogP contribution >= 0.6 is 0 Å². The first kappa shape index (κ1) is 24.8. The van der Waals surface area contributed by atoms with Crippen LogP contribution in [0.5, 0.6) is 17.5 Å². The van der Waals surface area contributed by atoms with Crippen LogP contribution in [0.1, 0.15) is 16.7 Å². The summed E-state index contributed by atoms with van der Waals surface area (Å²) in [6.45, 7) is 0.0805. The van der Waals surface area contributed by atoms with Crippen molar-refractivity contribution in [3.8, 4) is 17.5 Å². The fourth-order valence-corrected chi connectivity index (χ4v) is 3.21. The van der Waals surface area contributed by atoms with Crippen LogP contribution in [0, 0.1) is 11.6 Å². The maximum Gasteiger partial charge on any atom is 0.419 e. The number of benzene rings is 1. The molecule has 0 atom stereocenters. The predicted molar refractivity (Wildman–Crippen MR) is 116 cm³/mol. The lowest BCUT2D eigenvalue weighted by Gasteiger charge is -2.11. The summed E-state index contributed by atoms with van der Waals surface area (Å²) in [6, 6.07) is 5.25. The van der Waals surface area contributed by atoms with E-state index in [0.717, 1.165) is 16.8 Å². The van der Waals surface area contributed by atoms with Gasteiger partial charge >= 0.3 is 11.9 Å². The van der Waals surface area contributed by atoms with Gasteiger partial charge in [0.25, 0.3) is 5.88 Å². The molecule has 36 heavy (non-hydrogen) atoms. The van der Waals surface area contributed by atoms with E-state index in [4.69, 9.17) is 9.47 Å². The minimum absolute atomic E-state index is 0.00987. The maximum atomic E-state index is 14.4. The first-order valence-electron chi connectivity index (χ1n) is 10.5. The van der Waals surface area contributed by atoms with Crippen molar-refractivity contribution >= 4 is 0 Å². The van der Waals surface area contributed by atoms with Crippen molar-refractivity contribution in [1.82, 2.24) is 24.3 Å². The van der Waals surface area contributed by atoms with Gasteiger partial charge in [-0.3, -0.25) is 9.25 Å². The second-order valence-electron chi connectivity index (χ2n) is 7.67. The summed E-state index contributed by atoms with van der Waals surface area (Å²) < 4.78 is 79.5. The van der Waals surface area contributed by atoms with Gasteiger partial charge in [-0.05, 0) is 23.8 Å². The van der Waals surface area contributed by atoms with Crippen molar-refractivity contribution < 1.29 is 31.4 Å². The zero-order chi connectivity index (χ0) is 25.9. The molecule has 4 aromatic rings. The zero-order valence-electron chi connectivity index (χ0n) is 18.7. The van der Waals surface area contributed by atoms with Crippen molar-refractivity contribution in [3.05, 3.63) is 93.9 Å². The standard InChI is InChI=1S/C23H18F5N5O3/c1-32-11-15(10-30-32)12-33-13-19(25)21(31-22(33)34)35-7-6-14-2-5-20(29-9-14)36-16-3-4-18(24)17(8-16)23(26,27)28/h2-5,8-11,13H,6-7,12H2,1H3. The summed E-state index contributed by atoms with van der Waals surface area (Å²) in [4.78, 5) is 19.8. The molecule has 3 aromatic heterocycles. The van der Waals surface area contributed by atoms with E-state index >= 15 is 0 Å². The molecule has 0 bridgehead atoms. The molecule has 0 aliphatic heterocycles. The third kappa shape index (κ3) is 6.03. The highest BCUT2D eigenvalue weighted by atomic mass is 19.4. The molecule has 0 unspecified atom stereocenters. The number of alkyl halides is 3. The molecule has 0 amide bonds. The Hall–Kier alpha value is -4.29. The average molecular weight is 507 g/mol. The largest absolute Gasteiger partial charge is 0.475 e. The van der Waals surface area contributed by atoms with Gasteiger partial charge in [-0.1, -0.05) is 6.07 Å². The Bertz CT molecular complexity index is 1420. The summed E-state index contributed by atoms with van der Waals surface area (Å²) in [7, 11) is 1.72. The summed E-state index contributed by atoms with van der Waals surface area (Å²) in [5.41, 5.74) is -0.787. The van der Waals surface area contributed by atoms with Crippen molar-refractivity contribution in [2.24, 2.45) is 7.05 Å². The van der Waals surface area contributed by atoms with E-state index in [1.54, 1.807) is 30.2 Å². The molecule has 0 N–H and O–H groups in total. The summed E-state index contributed by atoms with van der Waals surface area (Å²) in [6.07, 6.45) is 1.05. The molecule has 188 valence electrons. The van der Waals surface area contributed by atoms with Gasteiger partial charge in [-0.2, -0.15) is 27.6 Å². The minimum Gasteiger partial charge on any atom is -0.475 e. The molecular formula is C23H18F5N5O3. The van der Waals surface area contributed by atoms with Crippen LogP contribution in [-0.2, 0) is 26.2 Å². The first-order valence-corrected chi connectivity index (χ1v) is 10.5.